The molecule has 0 aromatic heterocycles. The van der Waals surface area contributed by atoms with E-state index in [1.54, 1.807) is 14.2 Å². The van der Waals surface area contributed by atoms with Crippen LogP contribution in [0.2, 0.25) is 0 Å². The van der Waals surface area contributed by atoms with Crippen LogP contribution in [-0.2, 0) is 9.47 Å². The highest BCUT2D eigenvalue weighted by Crippen LogP contribution is 2.02. The van der Waals surface area contributed by atoms with Crippen molar-refractivity contribution in [3.05, 3.63) is 0 Å². The molecule has 0 amide bonds. The average Bonchev–Trinajstić information content (AvgIpc) is 2.49. The lowest BCUT2D eigenvalue weighted by molar-refractivity contribution is 0.139. The maximum Gasteiger partial charge on any atom is 0.0589 e. The van der Waals surface area contributed by atoms with E-state index in [2.05, 4.69) is 9.80 Å². The van der Waals surface area contributed by atoms with E-state index in [9.17, 15) is 0 Å². The number of nitrogens with zero attached hydrogens (tertiary/aromatic N) is 2. The van der Waals surface area contributed by atoms with E-state index in [0.717, 1.165) is 39.4 Å². The van der Waals surface area contributed by atoms with Gasteiger partial charge in [-0.2, -0.15) is 0 Å². The molecule has 1 saturated heterocycles. The molecule has 1 aliphatic heterocycles. The lowest BCUT2D eigenvalue weighted by Crippen LogP contribution is -2.34. The van der Waals surface area contributed by atoms with Crippen molar-refractivity contribution < 1.29 is 9.47 Å². The second kappa shape index (κ2) is 8.05. The van der Waals surface area contributed by atoms with E-state index in [1.807, 2.05) is 0 Å². The molecule has 0 spiro atoms. The first-order chi connectivity index (χ1) is 7.36. The third kappa shape index (κ3) is 5.47. The Morgan fingerprint density at radius 1 is 0.800 bits per heavy atom. The van der Waals surface area contributed by atoms with Gasteiger partial charge in [0.15, 0.2) is 0 Å². The van der Waals surface area contributed by atoms with Crippen LogP contribution in [0.25, 0.3) is 0 Å². The number of hydrogen-bond donors (Lipinski definition) is 0. The first kappa shape index (κ1) is 12.9. The largest absolute Gasteiger partial charge is 0.383 e. The first-order valence-electron chi connectivity index (χ1n) is 5.79. The van der Waals surface area contributed by atoms with Crippen LogP contribution in [0.3, 0.4) is 0 Å². The summed E-state index contributed by atoms with van der Waals surface area (Å²) < 4.78 is 10.2. The lowest BCUT2D eigenvalue weighted by atomic mass is 10.4. The normalized spacial score (nSPS) is 20.4. The Morgan fingerprint density at radius 2 is 1.27 bits per heavy atom. The van der Waals surface area contributed by atoms with E-state index >= 15 is 0 Å². The van der Waals surface area contributed by atoms with Gasteiger partial charge in [-0.05, 0) is 19.5 Å². The zero-order valence-corrected chi connectivity index (χ0v) is 10.1. The molecule has 90 valence electrons. The molecule has 0 atom stereocenters. The molecule has 0 unspecified atom stereocenters. The van der Waals surface area contributed by atoms with Crippen molar-refractivity contribution in [2.45, 2.75) is 6.42 Å². The summed E-state index contributed by atoms with van der Waals surface area (Å²) in [6, 6.07) is 0. The van der Waals surface area contributed by atoms with Crippen LogP contribution in [0.15, 0.2) is 0 Å². The Kier molecular flexibility index (Phi) is 6.92. The van der Waals surface area contributed by atoms with Gasteiger partial charge in [-0.1, -0.05) is 0 Å². The fraction of sp³-hybridized carbons (Fsp3) is 1.00. The topological polar surface area (TPSA) is 24.9 Å². The molecule has 0 saturated carbocycles. The monoisotopic (exact) mass is 216 g/mol. The molecular formula is C11H24N2O2. The summed E-state index contributed by atoms with van der Waals surface area (Å²) in [7, 11) is 3.53. The van der Waals surface area contributed by atoms with E-state index in [4.69, 9.17) is 9.47 Å². The molecule has 4 heteroatoms. The van der Waals surface area contributed by atoms with Crippen LogP contribution < -0.4 is 0 Å². The lowest BCUT2D eigenvalue weighted by Gasteiger charge is -2.21. The summed E-state index contributed by atoms with van der Waals surface area (Å²) in [5.41, 5.74) is 0. The Bertz CT molecular complexity index is 140. The van der Waals surface area contributed by atoms with E-state index in [1.165, 1.54) is 19.5 Å². The Labute approximate surface area is 93.1 Å². The van der Waals surface area contributed by atoms with Crippen molar-refractivity contribution in [1.29, 1.82) is 0 Å². The van der Waals surface area contributed by atoms with Crippen molar-refractivity contribution >= 4 is 0 Å². The van der Waals surface area contributed by atoms with Crippen LogP contribution in [0.1, 0.15) is 6.42 Å². The van der Waals surface area contributed by atoms with Gasteiger partial charge in [0.25, 0.3) is 0 Å². The Hall–Kier alpha value is -0.160. The summed E-state index contributed by atoms with van der Waals surface area (Å²) >= 11 is 0. The maximum atomic E-state index is 5.10. The minimum Gasteiger partial charge on any atom is -0.383 e. The van der Waals surface area contributed by atoms with Gasteiger partial charge >= 0.3 is 0 Å². The van der Waals surface area contributed by atoms with Crippen LogP contribution in [0.4, 0.5) is 0 Å². The van der Waals surface area contributed by atoms with Crippen LogP contribution in [0.5, 0.6) is 0 Å². The predicted octanol–water partition coefficient (Wildman–Crippen LogP) is 0.287. The predicted molar refractivity (Wildman–Crippen MR) is 61.2 cm³/mol. The zero-order chi connectivity index (χ0) is 10.9. The highest BCUT2D eigenvalue weighted by atomic mass is 16.5. The fourth-order valence-electron chi connectivity index (χ4n) is 1.91. The van der Waals surface area contributed by atoms with E-state index in [-0.39, 0.29) is 0 Å². The number of ether oxygens (including phenoxy) is 2. The molecule has 0 aromatic rings. The van der Waals surface area contributed by atoms with Gasteiger partial charge in [-0.25, -0.2) is 0 Å². The van der Waals surface area contributed by atoms with Crippen molar-refractivity contribution in [3.8, 4) is 0 Å². The SMILES string of the molecule is COCCN1CCCN(CCOC)CC1. The molecule has 1 aliphatic rings. The molecule has 0 bridgehead atoms. The number of hydrogen-bond acceptors (Lipinski definition) is 4. The minimum atomic E-state index is 0.845. The molecule has 15 heavy (non-hydrogen) atoms. The molecule has 0 radical (unpaired) electrons. The third-order valence-electron chi connectivity index (χ3n) is 2.90. The Balaban J connectivity index is 2.16. The summed E-state index contributed by atoms with van der Waals surface area (Å²) in [5.74, 6) is 0. The average molecular weight is 216 g/mol. The molecule has 0 aliphatic carbocycles. The van der Waals surface area contributed by atoms with Gasteiger partial charge in [-0.15, -0.1) is 0 Å². The summed E-state index contributed by atoms with van der Waals surface area (Å²) in [6.45, 7) is 8.54. The standard InChI is InChI=1S/C11H24N2O2/c1-14-10-8-12-4-3-5-13(7-6-12)9-11-15-2/h3-11H2,1-2H3. The molecule has 1 heterocycles. The second-order valence-electron chi connectivity index (χ2n) is 4.02. The van der Waals surface area contributed by atoms with Gasteiger partial charge in [-0.3, -0.25) is 9.80 Å². The fourth-order valence-corrected chi connectivity index (χ4v) is 1.91. The van der Waals surface area contributed by atoms with Crippen molar-refractivity contribution in [1.82, 2.24) is 9.80 Å². The minimum absolute atomic E-state index is 0.845. The van der Waals surface area contributed by atoms with Crippen molar-refractivity contribution in [2.24, 2.45) is 0 Å². The van der Waals surface area contributed by atoms with Gasteiger partial charge < -0.3 is 9.47 Å². The van der Waals surface area contributed by atoms with E-state index < -0.39 is 0 Å². The number of rotatable bonds is 6. The second-order valence-corrected chi connectivity index (χ2v) is 4.02. The summed E-state index contributed by atoms with van der Waals surface area (Å²) in [5, 5.41) is 0. The summed E-state index contributed by atoms with van der Waals surface area (Å²) in [4.78, 5) is 4.96. The Morgan fingerprint density at radius 3 is 1.67 bits per heavy atom. The third-order valence-corrected chi connectivity index (χ3v) is 2.90. The van der Waals surface area contributed by atoms with Crippen LogP contribution >= 0.6 is 0 Å². The summed E-state index contributed by atoms with van der Waals surface area (Å²) in [6.07, 6.45) is 1.26. The maximum absolute atomic E-state index is 5.10. The molecule has 4 nitrogen and oxygen atoms in total. The molecular weight excluding hydrogens is 192 g/mol. The molecule has 0 N–H and O–H groups in total. The molecule has 1 rings (SSSR count). The van der Waals surface area contributed by atoms with Crippen molar-refractivity contribution in [2.75, 3.05) is 66.7 Å². The van der Waals surface area contributed by atoms with Gasteiger partial charge in [0.2, 0.25) is 0 Å². The van der Waals surface area contributed by atoms with Gasteiger partial charge in [0.05, 0.1) is 13.2 Å². The quantitative estimate of drug-likeness (QED) is 0.637. The van der Waals surface area contributed by atoms with Crippen molar-refractivity contribution in [3.63, 3.8) is 0 Å². The van der Waals surface area contributed by atoms with Crippen LogP contribution in [-0.4, -0.2) is 76.5 Å². The van der Waals surface area contributed by atoms with Gasteiger partial charge in [0, 0.05) is 40.4 Å². The molecule has 1 fully saturated rings. The smallest absolute Gasteiger partial charge is 0.0589 e. The highest BCUT2D eigenvalue weighted by Gasteiger charge is 2.13. The highest BCUT2D eigenvalue weighted by molar-refractivity contribution is 4.69. The number of methoxy groups -OCH3 is 2. The van der Waals surface area contributed by atoms with E-state index in [0.29, 0.717) is 0 Å². The zero-order valence-electron chi connectivity index (χ0n) is 10.1. The van der Waals surface area contributed by atoms with Gasteiger partial charge in [0.1, 0.15) is 0 Å². The first-order valence-corrected chi connectivity index (χ1v) is 5.79. The molecule has 0 aromatic carbocycles. The van der Waals surface area contributed by atoms with Crippen LogP contribution in [0, 0.1) is 0 Å².